The van der Waals surface area contributed by atoms with E-state index in [1.165, 1.54) is 0 Å². The Morgan fingerprint density at radius 2 is 2.33 bits per heavy atom. The van der Waals surface area contributed by atoms with E-state index in [4.69, 9.17) is 9.63 Å². The lowest BCUT2D eigenvalue weighted by atomic mass is 10.1. The molecule has 1 rings (SSSR count). The first-order valence-electron chi connectivity index (χ1n) is 4.97. The van der Waals surface area contributed by atoms with Crippen molar-refractivity contribution in [3.63, 3.8) is 0 Å². The van der Waals surface area contributed by atoms with Gasteiger partial charge in [-0.1, -0.05) is 12.1 Å². The predicted octanol–water partition coefficient (Wildman–Crippen LogP) is 0.656. The number of hydrogen-bond donors (Lipinski definition) is 2. The van der Waals surface area contributed by atoms with Gasteiger partial charge in [-0.15, -0.1) is 0 Å². The Labute approximate surface area is 88.5 Å². The van der Waals surface area contributed by atoms with E-state index in [1.54, 1.807) is 13.8 Å². The lowest BCUT2D eigenvalue weighted by Gasteiger charge is -2.10. The van der Waals surface area contributed by atoms with Crippen molar-refractivity contribution in [2.45, 2.75) is 33.2 Å². The first-order chi connectivity index (χ1) is 7.10. The van der Waals surface area contributed by atoms with Gasteiger partial charge in [0.1, 0.15) is 11.3 Å². The van der Waals surface area contributed by atoms with Crippen molar-refractivity contribution in [3.8, 4) is 0 Å². The Bertz CT molecular complexity index is 346. The molecule has 0 radical (unpaired) electrons. The maximum atomic E-state index is 11.8. The number of carbonyl (C=O) groups is 1. The number of aromatic nitrogens is 1. The quantitative estimate of drug-likeness (QED) is 0.768. The SMILES string of the molecule is CCc1noc(C)c1C(=O)N[C@H](C)CO. The van der Waals surface area contributed by atoms with E-state index in [0.717, 1.165) is 0 Å². The highest BCUT2D eigenvalue weighted by Gasteiger charge is 2.19. The lowest BCUT2D eigenvalue weighted by Crippen LogP contribution is -2.35. The van der Waals surface area contributed by atoms with E-state index in [2.05, 4.69) is 10.5 Å². The van der Waals surface area contributed by atoms with Gasteiger partial charge >= 0.3 is 0 Å². The van der Waals surface area contributed by atoms with E-state index in [9.17, 15) is 4.79 Å². The van der Waals surface area contributed by atoms with Gasteiger partial charge in [0.25, 0.3) is 5.91 Å². The first-order valence-corrected chi connectivity index (χ1v) is 4.97. The topological polar surface area (TPSA) is 75.4 Å². The van der Waals surface area contributed by atoms with Gasteiger partial charge in [-0.3, -0.25) is 4.79 Å². The Kier molecular flexibility index (Phi) is 3.85. The second kappa shape index (κ2) is 4.93. The summed E-state index contributed by atoms with van der Waals surface area (Å²) >= 11 is 0. The molecule has 0 spiro atoms. The maximum Gasteiger partial charge on any atom is 0.257 e. The van der Waals surface area contributed by atoms with Crippen molar-refractivity contribution >= 4 is 5.91 Å². The zero-order chi connectivity index (χ0) is 11.4. The number of nitrogens with one attached hydrogen (secondary N) is 1. The molecule has 1 heterocycles. The molecule has 5 nitrogen and oxygen atoms in total. The third-order valence-electron chi connectivity index (χ3n) is 2.15. The minimum absolute atomic E-state index is 0.0858. The molecule has 84 valence electrons. The fourth-order valence-electron chi connectivity index (χ4n) is 1.29. The first kappa shape index (κ1) is 11.7. The van der Waals surface area contributed by atoms with Crippen LogP contribution in [0.3, 0.4) is 0 Å². The molecule has 0 aliphatic rings. The largest absolute Gasteiger partial charge is 0.394 e. The molecule has 0 aliphatic carbocycles. The number of rotatable bonds is 4. The van der Waals surface area contributed by atoms with Gasteiger partial charge in [0.05, 0.1) is 12.3 Å². The fourth-order valence-corrected chi connectivity index (χ4v) is 1.29. The average molecular weight is 212 g/mol. The maximum absolute atomic E-state index is 11.8. The van der Waals surface area contributed by atoms with Crippen LogP contribution in [-0.2, 0) is 6.42 Å². The average Bonchev–Trinajstić information content (AvgIpc) is 2.59. The van der Waals surface area contributed by atoms with Gasteiger partial charge in [-0.05, 0) is 20.3 Å². The van der Waals surface area contributed by atoms with Crippen LogP contribution in [-0.4, -0.2) is 28.8 Å². The van der Waals surface area contributed by atoms with E-state index >= 15 is 0 Å². The van der Waals surface area contributed by atoms with Gasteiger partial charge in [0, 0.05) is 6.04 Å². The van der Waals surface area contributed by atoms with Crippen LogP contribution >= 0.6 is 0 Å². The number of aliphatic hydroxyl groups excluding tert-OH is 1. The van der Waals surface area contributed by atoms with E-state index in [-0.39, 0.29) is 18.6 Å². The van der Waals surface area contributed by atoms with Gasteiger partial charge in [-0.2, -0.15) is 0 Å². The molecule has 0 unspecified atom stereocenters. The van der Waals surface area contributed by atoms with Crippen LogP contribution in [0, 0.1) is 6.92 Å². The van der Waals surface area contributed by atoms with Crippen LogP contribution < -0.4 is 5.32 Å². The molecule has 1 aromatic rings. The van der Waals surface area contributed by atoms with Crippen molar-refractivity contribution in [2.75, 3.05) is 6.61 Å². The van der Waals surface area contributed by atoms with Crippen LogP contribution in [0.25, 0.3) is 0 Å². The molecular weight excluding hydrogens is 196 g/mol. The normalized spacial score (nSPS) is 12.5. The Morgan fingerprint density at radius 3 is 2.87 bits per heavy atom. The number of aliphatic hydroxyl groups is 1. The van der Waals surface area contributed by atoms with Crippen molar-refractivity contribution in [1.82, 2.24) is 10.5 Å². The molecule has 2 N–H and O–H groups in total. The molecule has 1 atom stereocenters. The molecule has 1 aromatic heterocycles. The number of amides is 1. The molecule has 1 amide bonds. The van der Waals surface area contributed by atoms with Crippen molar-refractivity contribution in [1.29, 1.82) is 0 Å². The van der Waals surface area contributed by atoms with Crippen LogP contribution in [0.5, 0.6) is 0 Å². The second-order valence-electron chi connectivity index (χ2n) is 3.47. The van der Waals surface area contributed by atoms with E-state index in [0.29, 0.717) is 23.4 Å². The fraction of sp³-hybridized carbons (Fsp3) is 0.600. The third kappa shape index (κ3) is 2.56. The number of hydrogen-bond acceptors (Lipinski definition) is 4. The Morgan fingerprint density at radius 1 is 1.67 bits per heavy atom. The molecule has 0 bridgehead atoms. The van der Waals surface area contributed by atoms with Crippen molar-refractivity contribution in [3.05, 3.63) is 17.0 Å². The second-order valence-corrected chi connectivity index (χ2v) is 3.47. The summed E-state index contributed by atoms with van der Waals surface area (Å²) in [4.78, 5) is 11.8. The summed E-state index contributed by atoms with van der Waals surface area (Å²) in [6.07, 6.45) is 0.646. The van der Waals surface area contributed by atoms with Gasteiger partial charge < -0.3 is 14.9 Å². The standard InChI is InChI=1S/C10H16N2O3/c1-4-8-9(7(3)15-12-8)10(14)11-6(2)5-13/h6,13H,4-5H2,1-3H3,(H,11,14)/t6-/m1/s1. The smallest absolute Gasteiger partial charge is 0.257 e. The minimum Gasteiger partial charge on any atom is -0.394 e. The summed E-state index contributed by atoms with van der Waals surface area (Å²) in [6.45, 7) is 5.25. The third-order valence-corrected chi connectivity index (χ3v) is 2.15. The number of aryl methyl sites for hydroxylation is 2. The molecule has 5 heteroatoms. The van der Waals surface area contributed by atoms with Crippen LogP contribution in [0.15, 0.2) is 4.52 Å². The highest BCUT2D eigenvalue weighted by atomic mass is 16.5. The molecule has 0 saturated carbocycles. The molecule has 15 heavy (non-hydrogen) atoms. The van der Waals surface area contributed by atoms with Crippen molar-refractivity contribution < 1.29 is 14.4 Å². The summed E-state index contributed by atoms with van der Waals surface area (Å²) in [7, 11) is 0. The Hall–Kier alpha value is -1.36. The summed E-state index contributed by atoms with van der Waals surface area (Å²) in [5.74, 6) is 0.265. The number of nitrogens with zero attached hydrogens (tertiary/aromatic N) is 1. The van der Waals surface area contributed by atoms with Crippen LogP contribution in [0.2, 0.25) is 0 Å². The van der Waals surface area contributed by atoms with Crippen LogP contribution in [0.1, 0.15) is 35.7 Å². The number of carbonyl (C=O) groups excluding carboxylic acids is 1. The molecule has 0 saturated heterocycles. The molecular formula is C10H16N2O3. The van der Waals surface area contributed by atoms with E-state index in [1.807, 2.05) is 6.92 Å². The molecule has 0 aliphatic heterocycles. The van der Waals surface area contributed by atoms with E-state index < -0.39 is 0 Å². The lowest BCUT2D eigenvalue weighted by molar-refractivity contribution is 0.0920. The summed E-state index contributed by atoms with van der Waals surface area (Å²) in [5, 5.41) is 15.3. The summed E-state index contributed by atoms with van der Waals surface area (Å²) in [6, 6.07) is -0.267. The van der Waals surface area contributed by atoms with Gasteiger partial charge in [0.2, 0.25) is 0 Å². The van der Waals surface area contributed by atoms with Crippen molar-refractivity contribution in [2.24, 2.45) is 0 Å². The van der Waals surface area contributed by atoms with Crippen LogP contribution in [0.4, 0.5) is 0 Å². The monoisotopic (exact) mass is 212 g/mol. The Balaban J connectivity index is 2.85. The minimum atomic E-state index is -0.267. The molecule has 0 aromatic carbocycles. The van der Waals surface area contributed by atoms with Gasteiger partial charge in [0.15, 0.2) is 0 Å². The zero-order valence-corrected chi connectivity index (χ0v) is 9.20. The predicted molar refractivity (Wildman–Crippen MR) is 54.6 cm³/mol. The zero-order valence-electron chi connectivity index (χ0n) is 9.20. The highest BCUT2D eigenvalue weighted by molar-refractivity contribution is 5.96. The van der Waals surface area contributed by atoms with Gasteiger partial charge in [-0.25, -0.2) is 0 Å². The highest BCUT2D eigenvalue weighted by Crippen LogP contribution is 2.13. The molecule has 0 fully saturated rings. The summed E-state index contributed by atoms with van der Waals surface area (Å²) < 4.78 is 4.95. The summed E-state index contributed by atoms with van der Waals surface area (Å²) in [5.41, 5.74) is 1.13.